The summed E-state index contributed by atoms with van der Waals surface area (Å²) in [4.78, 5) is 14.3. The maximum Gasteiger partial charge on any atom is 0.354 e. The molecule has 6 heteroatoms. The molecule has 0 bridgehead atoms. The number of carboxylic acid groups (broad SMARTS) is 1. The van der Waals surface area contributed by atoms with Gasteiger partial charge in [-0.2, -0.15) is 0 Å². The Balaban J connectivity index is 3.35. The molecule has 1 rings (SSSR count). The van der Waals surface area contributed by atoms with Crippen LogP contribution in [0.15, 0.2) is 6.07 Å². The quantitative estimate of drug-likeness (QED) is 0.820. The van der Waals surface area contributed by atoms with Crippen LogP contribution < -0.4 is 0 Å². The minimum Gasteiger partial charge on any atom is -0.477 e. The van der Waals surface area contributed by atoms with Gasteiger partial charge in [-0.15, -0.1) is 11.6 Å². The molecule has 1 N–H and O–H groups in total. The van der Waals surface area contributed by atoms with E-state index in [1.165, 1.54) is 6.92 Å². The molecule has 0 saturated heterocycles. The Bertz CT molecular complexity index is 396. The van der Waals surface area contributed by atoms with Crippen molar-refractivity contribution in [2.24, 2.45) is 0 Å². The van der Waals surface area contributed by atoms with Crippen LogP contribution in [0.4, 0.5) is 8.78 Å². The maximum atomic E-state index is 12.4. The van der Waals surface area contributed by atoms with Gasteiger partial charge in [0.15, 0.2) is 5.69 Å². The Hall–Kier alpha value is -1.23. The van der Waals surface area contributed by atoms with Gasteiger partial charge in [-0.1, -0.05) is 0 Å². The lowest BCUT2D eigenvalue weighted by atomic mass is 10.1. The topological polar surface area (TPSA) is 50.2 Å². The van der Waals surface area contributed by atoms with Crippen molar-refractivity contribution in [1.82, 2.24) is 4.98 Å². The first-order valence-electron chi connectivity index (χ1n) is 4.05. The van der Waals surface area contributed by atoms with Crippen molar-refractivity contribution in [3.63, 3.8) is 0 Å². The van der Waals surface area contributed by atoms with Crippen LogP contribution in [0, 0.1) is 6.92 Å². The maximum absolute atomic E-state index is 12.4. The SMILES string of the molecule is Cc1nc(C(=O)O)c(CCl)cc1C(F)F. The highest BCUT2D eigenvalue weighted by Gasteiger charge is 2.18. The Labute approximate surface area is 89.7 Å². The number of aromatic carboxylic acids is 1. The van der Waals surface area contributed by atoms with E-state index in [9.17, 15) is 13.6 Å². The number of aryl methyl sites for hydroxylation is 1. The summed E-state index contributed by atoms with van der Waals surface area (Å²) in [6.45, 7) is 1.34. The Morgan fingerprint density at radius 1 is 1.67 bits per heavy atom. The van der Waals surface area contributed by atoms with Crippen molar-refractivity contribution >= 4 is 17.6 Å². The van der Waals surface area contributed by atoms with Crippen LogP contribution in [-0.2, 0) is 5.88 Å². The number of carbonyl (C=O) groups is 1. The molecular weight excluding hydrogens is 228 g/mol. The van der Waals surface area contributed by atoms with Gasteiger partial charge >= 0.3 is 5.97 Å². The van der Waals surface area contributed by atoms with Gasteiger partial charge in [0, 0.05) is 22.7 Å². The summed E-state index contributed by atoms with van der Waals surface area (Å²) in [5, 5.41) is 8.74. The van der Waals surface area contributed by atoms with E-state index in [1.807, 2.05) is 0 Å². The van der Waals surface area contributed by atoms with Crippen LogP contribution in [0.3, 0.4) is 0 Å². The van der Waals surface area contributed by atoms with Crippen molar-refractivity contribution in [3.8, 4) is 0 Å². The predicted octanol–water partition coefficient (Wildman–Crippen LogP) is 2.76. The predicted molar refractivity (Wildman–Crippen MR) is 50.4 cm³/mol. The van der Waals surface area contributed by atoms with Crippen molar-refractivity contribution < 1.29 is 18.7 Å². The molecule has 82 valence electrons. The third kappa shape index (κ3) is 2.41. The highest BCUT2D eigenvalue weighted by atomic mass is 35.5. The molecular formula is C9H8ClF2NO2. The first-order valence-corrected chi connectivity index (χ1v) is 4.58. The molecule has 0 amide bonds. The second-order valence-corrected chi connectivity index (χ2v) is 3.18. The number of alkyl halides is 3. The first-order chi connectivity index (χ1) is 6.97. The number of halogens is 3. The number of rotatable bonds is 3. The number of hydrogen-bond acceptors (Lipinski definition) is 2. The molecule has 3 nitrogen and oxygen atoms in total. The fourth-order valence-corrected chi connectivity index (χ4v) is 1.38. The van der Waals surface area contributed by atoms with Crippen LogP contribution in [0.25, 0.3) is 0 Å². The lowest BCUT2D eigenvalue weighted by Gasteiger charge is -2.08. The lowest BCUT2D eigenvalue weighted by Crippen LogP contribution is -2.08. The summed E-state index contributed by atoms with van der Waals surface area (Å²) in [6, 6.07) is 1.09. The number of nitrogens with zero attached hydrogens (tertiary/aromatic N) is 1. The molecule has 0 spiro atoms. The lowest BCUT2D eigenvalue weighted by molar-refractivity contribution is 0.0688. The second-order valence-electron chi connectivity index (χ2n) is 2.91. The zero-order valence-electron chi connectivity index (χ0n) is 7.80. The van der Waals surface area contributed by atoms with Crippen molar-refractivity contribution in [1.29, 1.82) is 0 Å². The van der Waals surface area contributed by atoms with Crippen molar-refractivity contribution in [2.45, 2.75) is 19.2 Å². The van der Waals surface area contributed by atoms with Crippen LogP contribution >= 0.6 is 11.6 Å². The zero-order chi connectivity index (χ0) is 11.6. The van der Waals surface area contributed by atoms with Gasteiger partial charge in [-0.25, -0.2) is 18.6 Å². The summed E-state index contributed by atoms with van der Waals surface area (Å²) >= 11 is 5.46. The number of hydrogen-bond donors (Lipinski definition) is 1. The minimum absolute atomic E-state index is 0.0104. The van der Waals surface area contributed by atoms with E-state index in [0.29, 0.717) is 0 Å². The molecule has 0 saturated carbocycles. The van der Waals surface area contributed by atoms with Gasteiger partial charge in [0.25, 0.3) is 6.43 Å². The Kier molecular flexibility index (Phi) is 3.57. The van der Waals surface area contributed by atoms with Crippen LogP contribution in [0.5, 0.6) is 0 Å². The summed E-state index contributed by atoms with van der Waals surface area (Å²) in [7, 11) is 0. The first kappa shape index (κ1) is 11.8. The molecule has 0 aliphatic heterocycles. The Morgan fingerprint density at radius 3 is 2.67 bits per heavy atom. The van der Waals surface area contributed by atoms with E-state index in [4.69, 9.17) is 16.7 Å². The molecule has 15 heavy (non-hydrogen) atoms. The van der Waals surface area contributed by atoms with Gasteiger partial charge in [0.1, 0.15) is 0 Å². The van der Waals surface area contributed by atoms with E-state index in [1.54, 1.807) is 0 Å². The number of carboxylic acids is 1. The fraction of sp³-hybridized carbons (Fsp3) is 0.333. The number of aromatic nitrogens is 1. The third-order valence-corrected chi connectivity index (χ3v) is 2.20. The Morgan fingerprint density at radius 2 is 2.27 bits per heavy atom. The summed E-state index contributed by atoms with van der Waals surface area (Å²) in [6.07, 6.45) is -2.68. The second kappa shape index (κ2) is 4.53. The average Bonchev–Trinajstić information content (AvgIpc) is 2.16. The monoisotopic (exact) mass is 235 g/mol. The van der Waals surface area contributed by atoms with Gasteiger partial charge < -0.3 is 5.11 Å². The van der Waals surface area contributed by atoms with Crippen molar-refractivity contribution in [2.75, 3.05) is 0 Å². The van der Waals surface area contributed by atoms with Gasteiger partial charge in [0.2, 0.25) is 0 Å². The smallest absolute Gasteiger partial charge is 0.354 e. The molecule has 1 heterocycles. The summed E-state index contributed by atoms with van der Waals surface area (Å²) < 4.78 is 24.9. The van der Waals surface area contributed by atoms with Crippen molar-refractivity contribution in [3.05, 3.63) is 28.6 Å². The fourth-order valence-electron chi connectivity index (χ4n) is 1.17. The van der Waals surface area contributed by atoms with E-state index >= 15 is 0 Å². The molecule has 0 unspecified atom stereocenters. The zero-order valence-corrected chi connectivity index (χ0v) is 8.55. The highest BCUT2D eigenvalue weighted by Crippen LogP contribution is 2.24. The van der Waals surface area contributed by atoms with Gasteiger partial charge in [-0.3, -0.25) is 0 Å². The molecule has 0 aromatic carbocycles. The molecule has 0 aliphatic rings. The van der Waals surface area contributed by atoms with Crippen LogP contribution in [0.2, 0.25) is 0 Å². The van der Waals surface area contributed by atoms with E-state index in [-0.39, 0.29) is 28.4 Å². The minimum atomic E-state index is -2.68. The molecule has 0 fully saturated rings. The summed E-state index contributed by atoms with van der Waals surface area (Å²) in [5.41, 5.74) is -0.441. The molecule has 1 aromatic rings. The number of pyridine rings is 1. The van der Waals surface area contributed by atoms with Gasteiger partial charge in [-0.05, 0) is 13.0 Å². The van der Waals surface area contributed by atoms with Crippen LogP contribution in [-0.4, -0.2) is 16.1 Å². The van der Waals surface area contributed by atoms with E-state index in [0.717, 1.165) is 6.07 Å². The average molecular weight is 236 g/mol. The van der Waals surface area contributed by atoms with E-state index < -0.39 is 12.4 Å². The molecule has 1 aromatic heterocycles. The third-order valence-electron chi connectivity index (χ3n) is 1.91. The largest absolute Gasteiger partial charge is 0.477 e. The molecule has 0 aliphatic carbocycles. The highest BCUT2D eigenvalue weighted by molar-refractivity contribution is 6.17. The molecule has 0 atom stereocenters. The summed E-state index contributed by atoms with van der Waals surface area (Å²) in [5.74, 6) is -1.43. The standard InChI is InChI=1S/C9H8ClF2NO2/c1-4-6(8(11)12)2-5(3-10)7(13-4)9(14)15/h2,8H,3H2,1H3,(H,14,15). The van der Waals surface area contributed by atoms with Gasteiger partial charge in [0.05, 0.1) is 0 Å². The molecule has 0 radical (unpaired) electrons. The van der Waals surface area contributed by atoms with Crippen LogP contribution in [0.1, 0.15) is 33.7 Å². The normalized spacial score (nSPS) is 10.7. The van der Waals surface area contributed by atoms with E-state index in [2.05, 4.69) is 4.98 Å².